The number of aromatic nitrogens is 1. The van der Waals surface area contributed by atoms with Crippen LogP contribution < -0.4 is 4.90 Å². The van der Waals surface area contributed by atoms with Gasteiger partial charge in [-0.15, -0.1) is 0 Å². The summed E-state index contributed by atoms with van der Waals surface area (Å²) in [5.74, 6) is -2.26. The molecule has 164 valence electrons. The predicted molar refractivity (Wildman–Crippen MR) is 130 cm³/mol. The highest BCUT2D eigenvalue weighted by Gasteiger charge is 2.48. The lowest BCUT2D eigenvalue weighted by Crippen LogP contribution is -2.29. The molecule has 1 aromatic heterocycles. The molecule has 0 bridgehead atoms. The number of amides is 1. The van der Waals surface area contributed by atoms with Gasteiger partial charge in [-0.2, -0.15) is 0 Å². The molecule has 1 amide bonds. The maximum atomic E-state index is 13.7. The SMILES string of the molecule is Cc1ccc(C(O)=C2C(=O)C(=O)N(c3nc4ccc(F)cc4s3)[C@H]2c2ccc(Br)cc2)cc1. The maximum absolute atomic E-state index is 13.7. The molecular weight excluding hydrogens is 507 g/mol. The zero-order chi connectivity index (χ0) is 23.3. The Morgan fingerprint density at radius 1 is 1.06 bits per heavy atom. The number of Topliss-reactive ketones (excluding diaryl/α,β-unsaturated/α-hetero) is 1. The van der Waals surface area contributed by atoms with Gasteiger partial charge in [0, 0.05) is 10.0 Å². The zero-order valence-electron chi connectivity index (χ0n) is 17.3. The highest BCUT2D eigenvalue weighted by atomic mass is 79.9. The van der Waals surface area contributed by atoms with E-state index in [0.29, 0.717) is 21.3 Å². The fourth-order valence-electron chi connectivity index (χ4n) is 3.85. The fourth-order valence-corrected chi connectivity index (χ4v) is 5.13. The average Bonchev–Trinajstić information content (AvgIpc) is 3.32. The highest BCUT2D eigenvalue weighted by Crippen LogP contribution is 2.44. The van der Waals surface area contributed by atoms with E-state index in [9.17, 15) is 19.1 Å². The van der Waals surface area contributed by atoms with Crippen LogP contribution in [0.2, 0.25) is 0 Å². The maximum Gasteiger partial charge on any atom is 0.301 e. The summed E-state index contributed by atoms with van der Waals surface area (Å²) < 4.78 is 15.1. The molecule has 0 spiro atoms. The number of ketones is 1. The largest absolute Gasteiger partial charge is 0.507 e. The third kappa shape index (κ3) is 3.75. The Labute approximate surface area is 200 Å². The molecule has 33 heavy (non-hydrogen) atoms. The van der Waals surface area contributed by atoms with Crippen LogP contribution in [0.3, 0.4) is 0 Å². The minimum Gasteiger partial charge on any atom is -0.507 e. The third-order valence-corrected chi connectivity index (χ3v) is 7.05. The van der Waals surface area contributed by atoms with Crippen molar-refractivity contribution in [3.8, 4) is 0 Å². The van der Waals surface area contributed by atoms with Crippen molar-refractivity contribution in [3.05, 3.63) is 99.3 Å². The molecule has 1 atom stereocenters. The lowest BCUT2D eigenvalue weighted by molar-refractivity contribution is -0.132. The fraction of sp³-hybridized carbons (Fsp3) is 0.0800. The van der Waals surface area contributed by atoms with Crippen molar-refractivity contribution in [2.45, 2.75) is 13.0 Å². The van der Waals surface area contributed by atoms with Gasteiger partial charge in [0.2, 0.25) is 0 Å². The number of aliphatic hydroxyl groups excluding tert-OH is 1. The monoisotopic (exact) mass is 522 g/mol. The number of fused-ring (bicyclic) bond motifs is 1. The van der Waals surface area contributed by atoms with Gasteiger partial charge in [-0.25, -0.2) is 9.37 Å². The van der Waals surface area contributed by atoms with Crippen LogP contribution in [0, 0.1) is 12.7 Å². The van der Waals surface area contributed by atoms with Gasteiger partial charge in [-0.1, -0.05) is 69.2 Å². The van der Waals surface area contributed by atoms with Crippen LogP contribution in [0.15, 0.2) is 76.8 Å². The first-order chi connectivity index (χ1) is 15.8. The normalized spacial score (nSPS) is 17.8. The lowest BCUT2D eigenvalue weighted by atomic mass is 9.95. The first-order valence-electron chi connectivity index (χ1n) is 10.0. The molecule has 0 saturated carbocycles. The van der Waals surface area contributed by atoms with Crippen LogP contribution in [-0.2, 0) is 9.59 Å². The summed E-state index contributed by atoms with van der Waals surface area (Å²) in [6, 6.07) is 17.5. The molecule has 8 heteroatoms. The van der Waals surface area contributed by atoms with Gasteiger partial charge in [-0.05, 0) is 42.8 Å². The van der Waals surface area contributed by atoms with Crippen LogP contribution in [0.5, 0.6) is 0 Å². The van der Waals surface area contributed by atoms with Gasteiger partial charge < -0.3 is 5.11 Å². The zero-order valence-corrected chi connectivity index (χ0v) is 19.7. The molecule has 0 unspecified atom stereocenters. The molecular formula is C25H16BrFN2O3S. The van der Waals surface area contributed by atoms with E-state index < -0.39 is 23.5 Å². The predicted octanol–water partition coefficient (Wildman–Crippen LogP) is 6.13. The van der Waals surface area contributed by atoms with E-state index in [1.54, 1.807) is 36.4 Å². The smallest absolute Gasteiger partial charge is 0.301 e. The topological polar surface area (TPSA) is 70.5 Å². The molecule has 0 radical (unpaired) electrons. The Kier molecular flexibility index (Phi) is 5.34. The Morgan fingerprint density at radius 2 is 1.76 bits per heavy atom. The number of nitrogens with zero attached hydrogens (tertiary/aromatic N) is 2. The van der Waals surface area contributed by atoms with Gasteiger partial charge >= 0.3 is 5.91 Å². The van der Waals surface area contributed by atoms with E-state index in [4.69, 9.17) is 0 Å². The summed E-state index contributed by atoms with van der Waals surface area (Å²) in [5.41, 5.74) is 2.57. The van der Waals surface area contributed by atoms with Gasteiger partial charge in [0.1, 0.15) is 11.6 Å². The van der Waals surface area contributed by atoms with Crippen molar-refractivity contribution in [1.29, 1.82) is 0 Å². The van der Waals surface area contributed by atoms with Crippen molar-refractivity contribution >= 4 is 60.1 Å². The standard InChI is InChI=1S/C25H16BrFN2O3S/c1-13-2-4-15(5-3-13)22(30)20-21(14-6-8-16(26)9-7-14)29(24(32)23(20)31)25-28-18-11-10-17(27)12-19(18)33-25/h2-12,21,30H,1H3/t21-/m0/s1. The minimum atomic E-state index is -0.884. The van der Waals surface area contributed by atoms with Crippen molar-refractivity contribution in [3.63, 3.8) is 0 Å². The van der Waals surface area contributed by atoms with Gasteiger partial charge in [-0.3, -0.25) is 14.5 Å². The lowest BCUT2D eigenvalue weighted by Gasteiger charge is -2.23. The summed E-state index contributed by atoms with van der Waals surface area (Å²) in [4.78, 5) is 32.2. The first kappa shape index (κ1) is 21.5. The average molecular weight is 523 g/mol. The molecule has 5 nitrogen and oxygen atoms in total. The van der Waals surface area contributed by atoms with E-state index >= 15 is 0 Å². The van der Waals surface area contributed by atoms with Gasteiger partial charge in [0.25, 0.3) is 5.78 Å². The van der Waals surface area contributed by atoms with E-state index in [1.165, 1.54) is 23.1 Å². The Hall–Kier alpha value is -3.36. The molecule has 1 fully saturated rings. The number of halogens is 2. The molecule has 1 saturated heterocycles. The summed E-state index contributed by atoms with van der Waals surface area (Å²) in [5, 5.41) is 11.4. The number of anilines is 1. The van der Waals surface area contributed by atoms with Crippen LogP contribution in [0.1, 0.15) is 22.7 Å². The first-order valence-corrected chi connectivity index (χ1v) is 11.6. The molecule has 2 heterocycles. The van der Waals surface area contributed by atoms with Crippen LogP contribution in [-0.4, -0.2) is 21.8 Å². The number of aryl methyl sites for hydroxylation is 1. The van der Waals surface area contributed by atoms with Crippen molar-refractivity contribution < 1.29 is 19.1 Å². The Balaban J connectivity index is 1.73. The van der Waals surface area contributed by atoms with E-state index in [-0.39, 0.29) is 16.5 Å². The summed E-state index contributed by atoms with van der Waals surface area (Å²) in [6.07, 6.45) is 0. The van der Waals surface area contributed by atoms with Crippen LogP contribution in [0.25, 0.3) is 16.0 Å². The molecule has 3 aromatic carbocycles. The Bertz CT molecular complexity index is 1450. The number of thiazole rings is 1. The second kappa shape index (κ2) is 8.20. The van der Waals surface area contributed by atoms with Crippen molar-refractivity contribution in [1.82, 2.24) is 4.98 Å². The second-order valence-corrected chi connectivity index (χ2v) is 9.62. The third-order valence-electron chi connectivity index (χ3n) is 5.50. The highest BCUT2D eigenvalue weighted by molar-refractivity contribution is 9.10. The summed E-state index contributed by atoms with van der Waals surface area (Å²) in [7, 11) is 0. The minimum absolute atomic E-state index is 0.0170. The molecule has 0 aliphatic carbocycles. The quantitative estimate of drug-likeness (QED) is 0.199. The summed E-state index contributed by atoms with van der Waals surface area (Å²) in [6.45, 7) is 1.92. The second-order valence-electron chi connectivity index (χ2n) is 7.70. The number of hydrogen-bond acceptors (Lipinski definition) is 5. The summed E-state index contributed by atoms with van der Waals surface area (Å²) >= 11 is 4.52. The van der Waals surface area contributed by atoms with Crippen molar-refractivity contribution in [2.24, 2.45) is 0 Å². The number of carbonyl (C=O) groups is 2. The number of benzene rings is 3. The molecule has 5 rings (SSSR count). The number of carbonyl (C=O) groups excluding carboxylic acids is 2. The Morgan fingerprint density at radius 3 is 2.45 bits per heavy atom. The number of hydrogen-bond donors (Lipinski definition) is 1. The molecule has 1 N–H and O–H groups in total. The molecule has 4 aromatic rings. The van der Waals surface area contributed by atoms with E-state index in [0.717, 1.165) is 21.4 Å². The number of rotatable bonds is 3. The van der Waals surface area contributed by atoms with Crippen LogP contribution in [0.4, 0.5) is 9.52 Å². The van der Waals surface area contributed by atoms with Gasteiger partial charge in [0.15, 0.2) is 5.13 Å². The van der Waals surface area contributed by atoms with Crippen LogP contribution >= 0.6 is 27.3 Å². The van der Waals surface area contributed by atoms with Crippen molar-refractivity contribution in [2.75, 3.05) is 4.90 Å². The number of aliphatic hydroxyl groups is 1. The molecule has 1 aliphatic heterocycles. The van der Waals surface area contributed by atoms with E-state index in [2.05, 4.69) is 20.9 Å². The molecule has 1 aliphatic rings. The van der Waals surface area contributed by atoms with Gasteiger partial charge in [0.05, 0.1) is 21.8 Å². The van der Waals surface area contributed by atoms with E-state index in [1.807, 2.05) is 19.1 Å².